The van der Waals surface area contributed by atoms with E-state index in [1.165, 1.54) is 25.0 Å². The van der Waals surface area contributed by atoms with E-state index in [2.05, 4.69) is 11.8 Å². The maximum absolute atomic E-state index is 13.2. The van der Waals surface area contributed by atoms with Crippen molar-refractivity contribution in [3.63, 3.8) is 0 Å². The maximum atomic E-state index is 13.2. The van der Waals surface area contributed by atoms with Crippen LogP contribution in [0.1, 0.15) is 50.6 Å². The van der Waals surface area contributed by atoms with Gasteiger partial charge in [-0.25, -0.2) is 4.39 Å². The van der Waals surface area contributed by atoms with Gasteiger partial charge in [-0.15, -0.1) is 0 Å². The van der Waals surface area contributed by atoms with Crippen molar-refractivity contribution in [3.05, 3.63) is 35.6 Å². The van der Waals surface area contributed by atoms with Crippen molar-refractivity contribution in [2.45, 2.75) is 57.2 Å². The minimum Gasteiger partial charge on any atom is -0.395 e. The van der Waals surface area contributed by atoms with E-state index in [9.17, 15) is 9.50 Å². The Kier molecular flexibility index (Phi) is 6.15. The Morgan fingerprint density at radius 1 is 1.29 bits per heavy atom. The van der Waals surface area contributed by atoms with Crippen LogP contribution < -0.4 is 5.73 Å². The third kappa shape index (κ3) is 4.02. The minimum atomic E-state index is -0.225. The Bertz CT molecular complexity index is 417. The largest absolute Gasteiger partial charge is 0.395 e. The number of nitrogens with zero attached hydrogens (tertiary/aromatic N) is 1. The lowest BCUT2D eigenvalue weighted by Crippen LogP contribution is -2.46. The van der Waals surface area contributed by atoms with Gasteiger partial charge in [0.05, 0.1) is 12.6 Å². The lowest BCUT2D eigenvalue weighted by atomic mass is 9.94. The van der Waals surface area contributed by atoms with Crippen molar-refractivity contribution in [3.8, 4) is 0 Å². The van der Waals surface area contributed by atoms with Crippen LogP contribution in [0.25, 0.3) is 0 Å². The van der Waals surface area contributed by atoms with Crippen LogP contribution in [0.5, 0.6) is 0 Å². The van der Waals surface area contributed by atoms with Gasteiger partial charge >= 0.3 is 0 Å². The number of halogens is 1. The van der Waals surface area contributed by atoms with E-state index in [-0.39, 0.29) is 24.5 Å². The van der Waals surface area contributed by atoms with Gasteiger partial charge in [-0.2, -0.15) is 0 Å². The molecule has 0 aromatic heterocycles. The minimum absolute atomic E-state index is 0.0115. The second-order valence-electron chi connectivity index (χ2n) is 5.97. The van der Waals surface area contributed by atoms with Crippen molar-refractivity contribution in [2.75, 3.05) is 13.2 Å². The molecule has 2 atom stereocenters. The fraction of sp³-hybridized carbons (Fsp3) is 0.647. The fourth-order valence-electron chi connectivity index (χ4n) is 3.47. The Balaban J connectivity index is 2.29. The molecular weight excluding hydrogens is 267 g/mol. The van der Waals surface area contributed by atoms with Crippen LogP contribution in [0, 0.1) is 5.82 Å². The molecule has 1 aliphatic rings. The zero-order valence-corrected chi connectivity index (χ0v) is 12.8. The second-order valence-corrected chi connectivity index (χ2v) is 5.97. The highest BCUT2D eigenvalue weighted by Crippen LogP contribution is 2.33. The summed E-state index contributed by atoms with van der Waals surface area (Å²) in [6.45, 7) is 2.83. The SMILES string of the molecule is CCC(N)C(c1ccc(F)cc1)N(CCO)C1CCCC1. The van der Waals surface area contributed by atoms with Gasteiger partial charge < -0.3 is 10.8 Å². The monoisotopic (exact) mass is 294 g/mol. The van der Waals surface area contributed by atoms with E-state index in [4.69, 9.17) is 5.73 Å². The predicted molar refractivity (Wildman–Crippen MR) is 83.5 cm³/mol. The van der Waals surface area contributed by atoms with Gasteiger partial charge in [0.1, 0.15) is 5.82 Å². The zero-order chi connectivity index (χ0) is 15.2. The quantitative estimate of drug-likeness (QED) is 0.813. The first-order valence-corrected chi connectivity index (χ1v) is 8.05. The number of hydrogen-bond acceptors (Lipinski definition) is 3. The van der Waals surface area contributed by atoms with Gasteiger partial charge in [0.25, 0.3) is 0 Å². The van der Waals surface area contributed by atoms with Crippen molar-refractivity contribution in [1.29, 1.82) is 0 Å². The highest BCUT2D eigenvalue weighted by molar-refractivity contribution is 5.22. The van der Waals surface area contributed by atoms with E-state index >= 15 is 0 Å². The van der Waals surface area contributed by atoms with E-state index in [0.29, 0.717) is 12.6 Å². The van der Waals surface area contributed by atoms with Crippen LogP contribution in [0.3, 0.4) is 0 Å². The average molecular weight is 294 g/mol. The Labute approximate surface area is 126 Å². The zero-order valence-electron chi connectivity index (χ0n) is 12.8. The Morgan fingerprint density at radius 2 is 1.90 bits per heavy atom. The van der Waals surface area contributed by atoms with Crippen molar-refractivity contribution in [2.24, 2.45) is 5.73 Å². The summed E-state index contributed by atoms with van der Waals surface area (Å²) >= 11 is 0. The maximum Gasteiger partial charge on any atom is 0.123 e. The first-order valence-electron chi connectivity index (χ1n) is 8.05. The second kappa shape index (κ2) is 7.87. The Morgan fingerprint density at radius 3 is 2.43 bits per heavy atom. The van der Waals surface area contributed by atoms with Crippen molar-refractivity contribution >= 4 is 0 Å². The number of aliphatic hydroxyl groups excluding tert-OH is 1. The highest BCUT2D eigenvalue weighted by atomic mass is 19.1. The molecule has 0 spiro atoms. The molecule has 118 valence electrons. The average Bonchev–Trinajstić information content (AvgIpc) is 3.02. The number of benzene rings is 1. The molecule has 0 amide bonds. The van der Waals surface area contributed by atoms with Crippen LogP contribution in [-0.2, 0) is 0 Å². The summed E-state index contributed by atoms with van der Waals surface area (Å²) < 4.78 is 13.2. The molecule has 1 aliphatic carbocycles. The summed E-state index contributed by atoms with van der Waals surface area (Å²) in [6.07, 6.45) is 5.66. The standard InChI is InChI=1S/C17H27FN2O/c1-2-16(19)17(13-7-9-14(18)10-8-13)20(11-12-21)15-5-3-4-6-15/h7-10,15-17,21H,2-6,11-12,19H2,1H3. The molecule has 1 saturated carbocycles. The van der Waals surface area contributed by atoms with Crippen molar-refractivity contribution < 1.29 is 9.50 Å². The number of rotatable bonds is 7. The van der Waals surface area contributed by atoms with Crippen LogP contribution in [-0.4, -0.2) is 35.2 Å². The Hall–Kier alpha value is -0.970. The number of nitrogens with two attached hydrogens (primary N) is 1. The summed E-state index contributed by atoms with van der Waals surface area (Å²) in [5.41, 5.74) is 7.42. The summed E-state index contributed by atoms with van der Waals surface area (Å²) in [6, 6.07) is 7.16. The molecule has 1 aromatic rings. The van der Waals surface area contributed by atoms with E-state index < -0.39 is 0 Å². The first-order chi connectivity index (χ1) is 10.2. The van der Waals surface area contributed by atoms with Crippen LogP contribution >= 0.6 is 0 Å². The van der Waals surface area contributed by atoms with E-state index in [1.54, 1.807) is 0 Å². The third-order valence-corrected chi connectivity index (χ3v) is 4.60. The summed E-state index contributed by atoms with van der Waals surface area (Å²) in [5.74, 6) is -0.225. The molecule has 1 aromatic carbocycles. The van der Waals surface area contributed by atoms with Crippen molar-refractivity contribution in [1.82, 2.24) is 4.90 Å². The molecule has 2 unspecified atom stereocenters. The van der Waals surface area contributed by atoms with Crippen LogP contribution in [0.4, 0.5) is 4.39 Å². The fourth-order valence-corrected chi connectivity index (χ4v) is 3.47. The van der Waals surface area contributed by atoms with Gasteiger partial charge in [-0.1, -0.05) is 31.9 Å². The third-order valence-electron chi connectivity index (χ3n) is 4.60. The first kappa shape index (κ1) is 16.4. The lowest BCUT2D eigenvalue weighted by Gasteiger charge is -2.39. The van der Waals surface area contributed by atoms with Gasteiger partial charge in [-0.05, 0) is 37.0 Å². The van der Waals surface area contributed by atoms with E-state index in [0.717, 1.165) is 24.8 Å². The molecule has 3 nitrogen and oxygen atoms in total. The molecule has 0 radical (unpaired) electrons. The number of hydrogen-bond donors (Lipinski definition) is 2. The molecule has 2 rings (SSSR count). The predicted octanol–water partition coefficient (Wildman–Crippen LogP) is 2.84. The topological polar surface area (TPSA) is 49.5 Å². The number of aliphatic hydroxyl groups is 1. The molecule has 0 aliphatic heterocycles. The summed E-state index contributed by atoms with van der Waals surface area (Å²) in [5, 5.41) is 9.45. The molecule has 4 heteroatoms. The molecule has 1 fully saturated rings. The van der Waals surface area contributed by atoms with E-state index in [1.807, 2.05) is 12.1 Å². The van der Waals surface area contributed by atoms with Gasteiger partial charge in [0, 0.05) is 18.6 Å². The normalized spacial score (nSPS) is 19.1. The highest BCUT2D eigenvalue weighted by Gasteiger charge is 2.32. The van der Waals surface area contributed by atoms with Gasteiger partial charge in [-0.3, -0.25) is 4.90 Å². The summed E-state index contributed by atoms with van der Waals surface area (Å²) in [7, 11) is 0. The molecule has 0 saturated heterocycles. The van der Waals surface area contributed by atoms with Gasteiger partial charge in [0.15, 0.2) is 0 Å². The lowest BCUT2D eigenvalue weighted by molar-refractivity contribution is 0.0882. The van der Waals surface area contributed by atoms with Crippen LogP contribution in [0.2, 0.25) is 0 Å². The van der Waals surface area contributed by atoms with Gasteiger partial charge in [0.2, 0.25) is 0 Å². The molecule has 0 bridgehead atoms. The van der Waals surface area contributed by atoms with Crippen LogP contribution in [0.15, 0.2) is 24.3 Å². The molecule has 0 heterocycles. The molecule has 21 heavy (non-hydrogen) atoms. The molecular formula is C17H27FN2O. The summed E-state index contributed by atoms with van der Waals surface area (Å²) in [4.78, 5) is 2.34. The smallest absolute Gasteiger partial charge is 0.123 e. The molecule has 3 N–H and O–H groups in total.